The molecule has 0 spiro atoms. The minimum atomic E-state index is -0.0631. The molecule has 1 aromatic heterocycles. The summed E-state index contributed by atoms with van der Waals surface area (Å²) in [6.07, 6.45) is 2.05. The van der Waals surface area contributed by atoms with Crippen LogP contribution in [0.1, 0.15) is 15.9 Å². The van der Waals surface area contributed by atoms with Gasteiger partial charge in [0.05, 0.1) is 0 Å². The van der Waals surface area contributed by atoms with Crippen LogP contribution in [0.2, 0.25) is 0 Å². The number of benzene rings is 2. The van der Waals surface area contributed by atoms with E-state index in [9.17, 15) is 4.79 Å². The van der Waals surface area contributed by atoms with Gasteiger partial charge < -0.3 is 10.3 Å². The normalized spacial score (nSPS) is 15.4. The van der Waals surface area contributed by atoms with Crippen LogP contribution in [0.15, 0.2) is 54.7 Å². The van der Waals surface area contributed by atoms with Crippen molar-refractivity contribution in [2.45, 2.75) is 6.54 Å². The van der Waals surface area contributed by atoms with Gasteiger partial charge in [0.2, 0.25) is 0 Å². The second kappa shape index (κ2) is 7.33. The van der Waals surface area contributed by atoms with Crippen LogP contribution < -0.4 is 5.32 Å². The third-order valence-electron chi connectivity index (χ3n) is 4.56. The predicted octanol–water partition coefficient (Wildman–Crippen LogP) is 3.97. The Labute approximate surface area is 151 Å². The number of para-hydroxylation sites is 1. The second-order valence-corrected chi connectivity index (χ2v) is 7.48. The minimum absolute atomic E-state index is 0.0631. The monoisotopic (exact) mass is 351 g/mol. The third-order valence-corrected chi connectivity index (χ3v) is 5.50. The zero-order chi connectivity index (χ0) is 17.1. The van der Waals surface area contributed by atoms with Crippen molar-refractivity contribution >= 4 is 34.3 Å². The van der Waals surface area contributed by atoms with Crippen molar-refractivity contribution in [3.63, 3.8) is 0 Å². The molecule has 0 atom stereocenters. The fraction of sp³-hybridized carbons (Fsp3) is 0.250. The van der Waals surface area contributed by atoms with Crippen LogP contribution in [0, 0.1) is 0 Å². The van der Waals surface area contributed by atoms with Gasteiger partial charge in [-0.25, -0.2) is 0 Å². The number of carbonyl (C=O) groups is 1. The summed E-state index contributed by atoms with van der Waals surface area (Å²) in [6.45, 7) is 3.10. The summed E-state index contributed by atoms with van der Waals surface area (Å²) in [7, 11) is 0. The first-order valence-corrected chi connectivity index (χ1v) is 9.72. The molecule has 1 aliphatic heterocycles. The molecule has 2 N–H and O–H groups in total. The van der Waals surface area contributed by atoms with Gasteiger partial charge in [-0.3, -0.25) is 9.69 Å². The van der Waals surface area contributed by atoms with Gasteiger partial charge in [-0.2, -0.15) is 11.8 Å². The molecule has 0 bridgehead atoms. The lowest BCUT2D eigenvalue weighted by molar-refractivity contribution is 0.102. The van der Waals surface area contributed by atoms with Crippen LogP contribution in [0.5, 0.6) is 0 Å². The SMILES string of the molecule is O=C(Nc1ccccc1)c1cccc2[nH]cc(CN3CCSCC3)c12. The predicted molar refractivity (Wildman–Crippen MR) is 105 cm³/mol. The lowest BCUT2D eigenvalue weighted by Gasteiger charge is -2.26. The lowest BCUT2D eigenvalue weighted by Crippen LogP contribution is -2.31. The quantitative estimate of drug-likeness (QED) is 0.748. The molecule has 2 heterocycles. The van der Waals surface area contributed by atoms with Crippen molar-refractivity contribution < 1.29 is 4.79 Å². The smallest absolute Gasteiger partial charge is 0.256 e. The summed E-state index contributed by atoms with van der Waals surface area (Å²) >= 11 is 2.01. The van der Waals surface area contributed by atoms with E-state index in [2.05, 4.69) is 15.2 Å². The van der Waals surface area contributed by atoms with Crippen LogP contribution in [0.4, 0.5) is 5.69 Å². The number of carbonyl (C=O) groups excluding carboxylic acids is 1. The number of thioether (sulfide) groups is 1. The molecular weight excluding hydrogens is 330 g/mol. The first-order valence-electron chi connectivity index (χ1n) is 8.57. The maximum absolute atomic E-state index is 12.8. The van der Waals surface area contributed by atoms with Gasteiger partial charge >= 0.3 is 0 Å². The molecule has 2 aromatic carbocycles. The molecule has 1 fully saturated rings. The molecular formula is C20H21N3OS. The van der Waals surface area contributed by atoms with Crippen LogP contribution in [0.25, 0.3) is 10.9 Å². The van der Waals surface area contributed by atoms with E-state index in [1.807, 2.05) is 66.5 Å². The number of aromatic nitrogens is 1. The topological polar surface area (TPSA) is 48.1 Å². The Balaban J connectivity index is 1.64. The van der Waals surface area contributed by atoms with Crippen molar-refractivity contribution in [3.05, 3.63) is 65.9 Å². The van der Waals surface area contributed by atoms with E-state index in [1.54, 1.807) is 0 Å². The molecule has 3 aromatic rings. The largest absolute Gasteiger partial charge is 0.361 e. The number of aromatic amines is 1. The molecule has 0 aliphatic carbocycles. The van der Waals surface area contributed by atoms with Crippen molar-refractivity contribution in [2.75, 3.05) is 29.9 Å². The maximum Gasteiger partial charge on any atom is 0.256 e. The number of H-pyrrole nitrogens is 1. The van der Waals surface area contributed by atoms with E-state index in [-0.39, 0.29) is 5.91 Å². The summed E-state index contributed by atoms with van der Waals surface area (Å²) in [6, 6.07) is 15.5. The molecule has 1 saturated heterocycles. The number of anilines is 1. The molecule has 1 amide bonds. The van der Waals surface area contributed by atoms with Crippen molar-refractivity contribution in [1.29, 1.82) is 0 Å². The molecule has 4 nitrogen and oxygen atoms in total. The van der Waals surface area contributed by atoms with Gasteiger partial charge in [-0.15, -0.1) is 0 Å². The van der Waals surface area contributed by atoms with Gasteiger partial charge in [0.25, 0.3) is 5.91 Å². The van der Waals surface area contributed by atoms with Gasteiger partial charge in [0.15, 0.2) is 0 Å². The molecule has 0 unspecified atom stereocenters. The van der Waals surface area contributed by atoms with Gasteiger partial charge in [0, 0.05) is 59.5 Å². The molecule has 25 heavy (non-hydrogen) atoms. The number of nitrogens with one attached hydrogen (secondary N) is 2. The Morgan fingerprint density at radius 3 is 2.68 bits per heavy atom. The Hall–Kier alpha value is -2.24. The molecule has 5 heteroatoms. The number of rotatable bonds is 4. The Morgan fingerprint density at radius 2 is 1.88 bits per heavy atom. The van der Waals surface area contributed by atoms with Gasteiger partial charge in [-0.1, -0.05) is 24.3 Å². The summed E-state index contributed by atoms with van der Waals surface area (Å²) in [5.74, 6) is 2.31. The van der Waals surface area contributed by atoms with Crippen molar-refractivity contribution in [1.82, 2.24) is 9.88 Å². The third kappa shape index (κ3) is 3.57. The van der Waals surface area contributed by atoms with E-state index in [4.69, 9.17) is 0 Å². The van der Waals surface area contributed by atoms with Crippen LogP contribution in [-0.4, -0.2) is 40.4 Å². The number of nitrogens with zero attached hydrogens (tertiary/aromatic N) is 1. The average Bonchev–Trinajstić information content (AvgIpc) is 3.06. The number of hydrogen-bond acceptors (Lipinski definition) is 3. The van der Waals surface area contributed by atoms with E-state index in [0.717, 1.165) is 41.8 Å². The van der Waals surface area contributed by atoms with E-state index < -0.39 is 0 Å². The fourth-order valence-corrected chi connectivity index (χ4v) is 4.27. The Morgan fingerprint density at radius 1 is 1.08 bits per heavy atom. The Bertz CT molecular complexity index is 869. The van der Waals surface area contributed by atoms with E-state index in [0.29, 0.717) is 0 Å². The summed E-state index contributed by atoms with van der Waals surface area (Å²) < 4.78 is 0. The summed E-state index contributed by atoms with van der Waals surface area (Å²) in [5, 5.41) is 4.04. The van der Waals surface area contributed by atoms with Crippen LogP contribution in [-0.2, 0) is 6.54 Å². The highest BCUT2D eigenvalue weighted by atomic mass is 32.2. The fourth-order valence-electron chi connectivity index (χ4n) is 3.29. The van der Waals surface area contributed by atoms with Crippen LogP contribution in [0.3, 0.4) is 0 Å². The number of hydrogen-bond donors (Lipinski definition) is 2. The highest BCUT2D eigenvalue weighted by molar-refractivity contribution is 7.99. The molecule has 1 aliphatic rings. The highest BCUT2D eigenvalue weighted by Gasteiger charge is 2.17. The lowest BCUT2D eigenvalue weighted by atomic mass is 10.0. The second-order valence-electron chi connectivity index (χ2n) is 6.25. The first kappa shape index (κ1) is 16.2. The first-order chi connectivity index (χ1) is 12.3. The Kier molecular flexibility index (Phi) is 4.76. The van der Waals surface area contributed by atoms with Crippen LogP contribution >= 0.6 is 11.8 Å². The molecule has 0 saturated carbocycles. The van der Waals surface area contributed by atoms with Crippen molar-refractivity contribution in [3.8, 4) is 0 Å². The maximum atomic E-state index is 12.8. The summed E-state index contributed by atoms with van der Waals surface area (Å²) in [5.41, 5.74) is 3.75. The average molecular weight is 351 g/mol. The molecule has 128 valence electrons. The van der Waals surface area contributed by atoms with E-state index >= 15 is 0 Å². The van der Waals surface area contributed by atoms with Gasteiger partial charge in [0.1, 0.15) is 0 Å². The molecule has 4 rings (SSSR count). The standard InChI is InChI=1S/C20H21N3OS/c24-20(22-16-5-2-1-3-6-16)17-7-4-8-18-19(17)15(13-21-18)14-23-9-11-25-12-10-23/h1-8,13,21H,9-12,14H2,(H,22,24). The number of amides is 1. The van der Waals surface area contributed by atoms with E-state index in [1.165, 1.54) is 17.1 Å². The molecule has 0 radical (unpaired) electrons. The highest BCUT2D eigenvalue weighted by Crippen LogP contribution is 2.25. The van der Waals surface area contributed by atoms with Crippen molar-refractivity contribution in [2.24, 2.45) is 0 Å². The summed E-state index contributed by atoms with van der Waals surface area (Å²) in [4.78, 5) is 18.6. The van der Waals surface area contributed by atoms with Gasteiger partial charge in [-0.05, 0) is 29.8 Å². The minimum Gasteiger partial charge on any atom is -0.361 e. The zero-order valence-electron chi connectivity index (χ0n) is 14.0. The number of fused-ring (bicyclic) bond motifs is 1. The zero-order valence-corrected chi connectivity index (χ0v) is 14.8.